The van der Waals surface area contributed by atoms with E-state index in [9.17, 15) is 19.2 Å². The summed E-state index contributed by atoms with van der Waals surface area (Å²) < 4.78 is 48.1. The summed E-state index contributed by atoms with van der Waals surface area (Å²) in [4.78, 5) is 52.3. The van der Waals surface area contributed by atoms with Gasteiger partial charge in [-0.15, -0.1) is 0 Å². The number of carbonyl (C=O) groups is 2. The predicted octanol–water partition coefficient (Wildman–Crippen LogP) is 2.35. The molecular formula is C26H33Br2FN4O8. The van der Waals surface area contributed by atoms with E-state index >= 15 is 4.39 Å². The summed E-state index contributed by atoms with van der Waals surface area (Å²) >= 11 is 6.72. The van der Waals surface area contributed by atoms with Crippen molar-refractivity contribution in [1.82, 2.24) is 14.9 Å². The molecule has 1 saturated heterocycles. The van der Waals surface area contributed by atoms with Crippen LogP contribution in [0.15, 0.2) is 36.9 Å². The topological polar surface area (TPSA) is 164 Å². The monoisotopic (exact) mass is 707 g/mol. The van der Waals surface area contributed by atoms with Gasteiger partial charge >= 0.3 is 11.7 Å². The summed E-state index contributed by atoms with van der Waals surface area (Å²) in [6.07, 6.45) is -6.17. The zero-order valence-corrected chi connectivity index (χ0v) is 26.2. The van der Waals surface area contributed by atoms with Gasteiger partial charge in [-0.3, -0.25) is 23.9 Å². The van der Waals surface area contributed by atoms with Crippen molar-refractivity contribution in [2.24, 2.45) is 11.6 Å². The van der Waals surface area contributed by atoms with E-state index in [2.05, 4.69) is 42.2 Å². The highest BCUT2D eigenvalue weighted by molar-refractivity contribution is 9.11. The van der Waals surface area contributed by atoms with Gasteiger partial charge in [-0.2, -0.15) is 0 Å². The fraction of sp³-hybridized carbons (Fsp3) is 0.538. The Kier molecular flexibility index (Phi) is 10.6. The van der Waals surface area contributed by atoms with Crippen molar-refractivity contribution >= 4 is 43.7 Å². The Balaban J connectivity index is 1.82. The van der Waals surface area contributed by atoms with E-state index in [1.807, 2.05) is 0 Å². The minimum absolute atomic E-state index is 0.204. The average molecular weight is 709 g/mol. The quantitative estimate of drug-likeness (QED) is 0.297. The van der Waals surface area contributed by atoms with Crippen LogP contribution in [0, 0.1) is 5.89 Å². The molecule has 1 aliphatic rings. The lowest BCUT2D eigenvalue weighted by molar-refractivity contribution is -0.156. The highest BCUT2D eigenvalue weighted by Gasteiger charge is 2.49. The van der Waals surface area contributed by atoms with Crippen molar-refractivity contribution in [3.63, 3.8) is 0 Å². The summed E-state index contributed by atoms with van der Waals surface area (Å²) in [6.45, 7) is 5.62. The van der Waals surface area contributed by atoms with Gasteiger partial charge in [0.05, 0.1) is 16.1 Å². The van der Waals surface area contributed by atoms with Crippen LogP contribution < -0.4 is 31.8 Å². The number of aryl methyl sites for hydroxylation is 1. The molecule has 15 heteroatoms. The maximum absolute atomic E-state index is 15.8. The average Bonchev–Trinajstić information content (AvgIpc) is 3.22. The first-order chi connectivity index (χ1) is 19.6. The lowest BCUT2D eigenvalue weighted by Crippen LogP contribution is -2.47. The third kappa shape index (κ3) is 7.56. The van der Waals surface area contributed by atoms with Crippen molar-refractivity contribution < 1.29 is 34.3 Å². The molecule has 3 rings (SSSR count). The number of aromatic nitrogens is 2. The molecule has 4 N–H and O–H groups in total. The number of alkyl halides is 1. The van der Waals surface area contributed by atoms with Crippen molar-refractivity contribution in [2.75, 3.05) is 13.7 Å². The number of rotatable bonds is 11. The molecule has 12 nitrogen and oxygen atoms in total. The fourth-order valence-electron chi connectivity index (χ4n) is 3.98. The lowest BCUT2D eigenvalue weighted by atomic mass is 10.1. The standard InChI is InChI=1S/C26H33Br2FN4O8/c1-6-13-10-33(26(37)32-23(13)35)24-19(29)21(41-25(36)20(30)11(2)3)18(40-24)9-31-22(34)12(4)39-17-8-16(38-5)14(27)7-15(17)28/h7-8,10-12,18-21,24H,6,9,30H2,1-5H3,(H,31,34)(H,32,35,37)/t12-,18+,19-,20-,21+,24?/m0/s1/i11D. The van der Waals surface area contributed by atoms with Crippen LogP contribution >= 0.6 is 31.9 Å². The van der Waals surface area contributed by atoms with Crippen LogP contribution in [-0.2, 0) is 25.5 Å². The maximum Gasteiger partial charge on any atom is 0.330 e. The number of nitrogens with zero attached hydrogens (tertiary/aromatic N) is 1. The van der Waals surface area contributed by atoms with Gasteiger partial charge in [0.25, 0.3) is 11.5 Å². The summed E-state index contributed by atoms with van der Waals surface area (Å²) in [5.41, 5.74) is 4.50. The Morgan fingerprint density at radius 2 is 1.90 bits per heavy atom. The normalized spacial score (nSPS) is 22.4. The smallest absolute Gasteiger partial charge is 0.330 e. The Morgan fingerprint density at radius 3 is 2.51 bits per heavy atom. The van der Waals surface area contributed by atoms with Crippen molar-refractivity contribution in [3.8, 4) is 11.5 Å². The van der Waals surface area contributed by atoms with Gasteiger partial charge in [0.2, 0.25) is 0 Å². The molecule has 0 spiro atoms. The molecule has 6 atom stereocenters. The van der Waals surface area contributed by atoms with Crippen molar-refractivity contribution in [2.45, 2.75) is 70.9 Å². The Morgan fingerprint density at radius 1 is 1.24 bits per heavy atom. The second-order valence-corrected chi connectivity index (χ2v) is 11.3. The SMILES string of the molecule is [2H]C(C)(C)[C@H](N)C(=O)O[C@H]1[C@H](F)C(n2cc(CC)c(=O)[nH]c2=O)O[C@@H]1CNC(=O)[C@H](C)Oc1cc(OC)c(Br)cc1Br. The largest absolute Gasteiger partial charge is 0.495 e. The third-order valence-electron chi connectivity index (χ3n) is 6.45. The molecule has 226 valence electrons. The van der Waals surface area contributed by atoms with E-state index in [-0.39, 0.29) is 18.5 Å². The van der Waals surface area contributed by atoms with Crippen LogP contribution in [0.2, 0.25) is 0 Å². The fourth-order valence-corrected chi connectivity index (χ4v) is 5.23. The summed E-state index contributed by atoms with van der Waals surface area (Å²) in [7, 11) is 1.48. The van der Waals surface area contributed by atoms with Crippen LogP contribution in [0.1, 0.15) is 40.9 Å². The van der Waals surface area contributed by atoms with Crippen LogP contribution in [-0.4, -0.2) is 65.6 Å². The Bertz CT molecular complexity index is 1430. The van der Waals surface area contributed by atoms with Gasteiger partial charge in [0.15, 0.2) is 24.6 Å². The molecule has 2 aromatic rings. The van der Waals surface area contributed by atoms with Crippen LogP contribution in [0.4, 0.5) is 4.39 Å². The molecule has 1 unspecified atom stereocenters. The molecule has 0 bridgehead atoms. The van der Waals surface area contributed by atoms with E-state index in [0.717, 1.165) is 4.57 Å². The van der Waals surface area contributed by atoms with Crippen LogP contribution in [0.25, 0.3) is 0 Å². The first kappa shape index (κ1) is 31.2. The van der Waals surface area contributed by atoms with E-state index in [1.165, 1.54) is 34.1 Å². The van der Waals surface area contributed by atoms with E-state index in [0.29, 0.717) is 20.4 Å². The first-order valence-electron chi connectivity index (χ1n) is 13.2. The van der Waals surface area contributed by atoms with Gasteiger partial charge in [0, 0.05) is 25.7 Å². The molecule has 0 saturated carbocycles. The van der Waals surface area contributed by atoms with E-state index in [1.54, 1.807) is 19.1 Å². The molecule has 1 amide bonds. The number of H-pyrrole nitrogens is 1. The van der Waals surface area contributed by atoms with Gasteiger partial charge < -0.3 is 30.0 Å². The number of esters is 1. The molecular weight excluding hydrogens is 675 g/mol. The number of benzene rings is 1. The third-order valence-corrected chi connectivity index (χ3v) is 7.69. The highest BCUT2D eigenvalue weighted by atomic mass is 79.9. The number of nitrogens with two attached hydrogens (primary N) is 1. The summed E-state index contributed by atoms with van der Waals surface area (Å²) in [5.74, 6) is -2.30. The molecule has 1 fully saturated rings. The van der Waals surface area contributed by atoms with Gasteiger partial charge in [-0.25, -0.2) is 9.18 Å². The molecule has 0 aliphatic carbocycles. The van der Waals surface area contributed by atoms with Gasteiger partial charge in [-0.05, 0) is 57.2 Å². The van der Waals surface area contributed by atoms with Gasteiger partial charge in [-0.1, -0.05) is 20.8 Å². The summed E-state index contributed by atoms with van der Waals surface area (Å²) in [5, 5.41) is 2.59. The van der Waals surface area contributed by atoms with Crippen molar-refractivity contribution in [3.05, 3.63) is 53.7 Å². The number of halogens is 3. The minimum atomic E-state index is -2.09. The lowest BCUT2D eigenvalue weighted by Gasteiger charge is -2.23. The number of methoxy groups -OCH3 is 1. The summed E-state index contributed by atoms with van der Waals surface area (Å²) in [6, 6.07) is 1.85. The number of amides is 1. The zero-order chi connectivity index (χ0) is 31.5. The number of aromatic amines is 1. The molecule has 2 heterocycles. The molecule has 1 aliphatic heterocycles. The second kappa shape index (κ2) is 13.9. The van der Waals surface area contributed by atoms with Crippen LogP contribution in [0.3, 0.4) is 0 Å². The van der Waals surface area contributed by atoms with E-state index < -0.39 is 65.8 Å². The van der Waals surface area contributed by atoms with Crippen LogP contribution in [0.5, 0.6) is 11.5 Å². The number of nitrogens with one attached hydrogen (secondary N) is 2. The molecule has 1 aromatic heterocycles. The number of ether oxygens (including phenoxy) is 4. The number of carbonyl (C=O) groups excluding carboxylic acids is 2. The zero-order valence-electron chi connectivity index (χ0n) is 24.0. The number of hydrogen-bond donors (Lipinski definition) is 3. The maximum atomic E-state index is 15.8. The second-order valence-electron chi connectivity index (χ2n) is 9.56. The number of hydrogen-bond acceptors (Lipinski definition) is 9. The molecule has 1 aromatic carbocycles. The molecule has 0 radical (unpaired) electrons. The van der Waals surface area contributed by atoms with Gasteiger partial charge in [0.1, 0.15) is 23.6 Å². The minimum Gasteiger partial charge on any atom is -0.495 e. The Hall–Kier alpha value is -2.75. The van der Waals surface area contributed by atoms with Crippen molar-refractivity contribution in [1.29, 1.82) is 0 Å². The Labute approximate surface area is 253 Å². The van der Waals surface area contributed by atoms with E-state index in [4.69, 9.17) is 26.1 Å². The highest BCUT2D eigenvalue weighted by Crippen LogP contribution is 2.37. The first-order valence-corrected chi connectivity index (χ1v) is 14.2. The molecule has 41 heavy (non-hydrogen) atoms. The predicted molar refractivity (Wildman–Crippen MR) is 154 cm³/mol.